The summed E-state index contributed by atoms with van der Waals surface area (Å²) in [5.41, 5.74) is 4.97. The van der Waals surface area contributed by atoms with E-state index in [0.717, 1.165) is 17.2 Å². The number of rotatable bonds is 0. The van der Waals surface area contributed by atoms with E-state index in [0.29, 0.717) is 23.1 Å². The molecule has 5 rings (SSSR count). The minimum absolute atomic E-state index is 0.106. The lowest BCUT2D eigenvalue weighted by Crippen LogP contribution is -2.59. The molecule has 3 aliphatic rings. The van der Waals surface area contributed by atoms with E-state index in [-0.39, 0.29) is 23.0 Å². The Bertz CT molecular complexity index is 1320. The molecular weight excluding hydrogens is 372 g/mol. The summed E-state index contributed by atoms with van der Waals surface area (Å²) in [6.45, 7) is 2.09. The number of fused-ring (bicyclic) bond motifs is 3. The van der Waals surface area contributed by atoms with Crippen molar-refractivity contribution in [3.05, 3.63) is 70.4 Å². The van der Waals surface area contributed by atoms with Crippen LogP contribution in [-0.2, 0) is 5.41 Å². The molecule has 0 aromatic heterocycles. The molecule has 1 spiro atoms. The highest BCUT2D eigenvalue weighted by Crippen LogP contribution is 2.64. The zero-order valence-corrected chi connectivity index (χ0v) is 16.4. The minimum atomic E-state index is -1.96. The summed E-state index contributed by atoms with van der Waals surface area (Å²) in [5, 5.41) is 32.3. The van der Waals surface area contributed by atoms with Crippen molar-refractivity contribution >= 4 is 16.6 Å². The number of carbonyl (C=O) groups excluding carboxylic acids is 1. The molecule has 2 N–H and O–H groups in total. The van der Waals surface area contributed by atoms with Gasteiger partial charge >= 0.3 is 0 Å². The lowest BCUT2D eigenvalue weighted by atomic mass is 9.46. The van der Waals surface area contributed by atoms with Crippen LogP contribution in [0.5, 0.6) is 0 Å². The second-order valence-corrected chi connectivity index (χ2v) is 8.51. The van der Waals surface area contributed by atoms with Crippen LogP contribution in [-0.4, -0.2) is 5.78 Å². The number of allylic oxidation sites excluding steroid dienone is 4. The molecule has 0 saturated heterocycles. The van der Waals surface area contributed by atoms with E-state index in [2.05, 4.69) is 25.1 Å². The van der Waals surface area contributed by atoms with Crippen LogP contribution in [0.15, 0.2) is 59.3 Å². The van der Waals surface area contributed by atoms with Crippen LogP contribution in [0.2, 0.25) is 0 Å². The Labute approximate surface area is 174 Å². The van der Waals surface area contributed by atoms with Gasteiger partial charge in [0.1, 0.15) is 11.5 Å². The first-order valence-corrected chi connectivity index (χ1v) is 9.98. The molecule has 5 heteroatoms. The molecule has 3 unspecified atom stereocenters. The summed E-state index contributed by atoms with van der Waals surface area (Å²) in [5.74, 6) is -0.462. The van der Waals surface area contributed by atoms with Gasteiger partial charge in [-0.1, -0.05) is 49.4 Å². The molecule has 5 nitrogen and oxygen atoms in total. The van der Waals surface area contributed by atoms with Crippen molar-refractivity contribution in [2.24, 2.45) is 23.0 Å². The molecule has 3 aliphatic carbocycles. The Morgan fingerprint density at radius 3 is 2.47 bits per heavy atom. The Morgan fingerprint density at radius 1 is 1.10 bits per heavy atom. The number of nitrogens with two attached hydrogens (primary N) is 1. The van der Waals surface area contributed by atoms with Gasteiger partial charge in [-0.25, -0.2) is 0 Å². The fourth-order valence-electron chi connectivity index (χ4n) is 5.96. The van der Waals surface area contributed by atoms with Gasteiger partial charge in [0.05, 0.1) is 23.4 Å². The van der Waals surface area contributed by atoms with Crippen molar-refractivity contribution < 1.29 is 4.79 Å². The molecule has 30 heavy (non-hydrogen) atoms. The number of hydrogen-bond acceptors (Lipinski definition) is 5. The van der Waals surface area contributed by atoms with E-state index in [4.69, 9.17) is 5.73 Å². The maximum Gasteiger partial charge on any atom is 0.201 e. The number of ketones is 1. The van der Waals surface area contributed by atoms with Gasteiger partial charge in [-0.2, -0.15) is 15.8 Å². The van der Waals surface area contributed by atoms with Crippen LogP contribution in [0.25, 0.3) is 10.8 Å². The van der Waals surface area contributed by atoms with Crippen molar-refractivity contribution in [1.82, 2.24) is 0 Å². The number of benzene rings is 2. The van der Waals surface area contributed by atoms with Crippen molar-refractivity contribution in [2.45, 2.75) is 25.2 Å². The van der Waals surface area contributed by atoms with E-state index in [1.807, 2.05) is 36.4 Å². The first-order valence-electron chi connectivity index (χ1n) is 9.98. The maximum atomic E-state index is 14.2. The smallest absolute Gasteiger partial charge is 0.201 e. The first-order chi connectivity index (χ1) is 14.5. The fourth-order valence-corrected chi connectivity index (χ4v) is 5.96. The number of hydrogen-bond donors (Lipinski definition) is 1. The van der Waals surface area contributed by atoms with Crippen molar-refractivity contribution in [3.8, 4) is 18.2 Å². The maximum absolute atomic E-state index is 14.2. The lowest BCUT2D eigenvalue weighted by Gasteiger charge is -2.51. The van der Waals surface area contributed by atoms with Gasteiger partial charge in [0.25, 0.3) is 0 Å². The van der Waals surface area contributed by atoms with Crippen LogP contribution in [0.3, 0.4) is 0 Å². The Balaban J connectivity index is 2.02. The highest BCUT2D eigenvalue weighted by atomic mass is 16.1. The van der Waals surface area contributed by atoms with Crippen LogP contribution < -0.4 is 5.73 Å². The Morgan fingerprint density at radius 2 is 1.80 bits per heavy atom. The third kappa shape index (κ3) is 1.74. The van der Waals surface area contributed by atoms with Gasteiger partial charge in [-0.05, 0) is 40.7 Å². The first kappa shape index (κ1) is 18.2. The van der Waals surface area contributed by atoms with Crippen molar-refractivity contribution in [1.29, 1.82) is 15.8 Å². The summed E-state index contributed by atoms with van der Waals surface area (Å²) in [6.07, 6.45) is 3.34. The predicted molar refractivity (Wildman–Crippen MR) is 110 cm³/mol. The predicted octanol–water partition coefficient (Wildman–Crippen LogP) is 4.03. The Hall–Kier alpha value is -3.88. The molecule has 0 amide bonds. The molecular formula is C25H18N4O. The zero-order valence-electron chi connectivity index (χ0n) is 16.4. The molecule has 144 valence electrons. The SMILES string of the molecule is CC1CC=C2C(C#N)=C(N)C(C#N)(C#N)C3(C(=O)c4cccc5cccc3c45)C2C1. The third-order valence-electron chi connectivity index (χ3n) is 7.21. The topological polar surface area (TPSA) is 114 Å². The molecule has 0 aliphatic heterocycles. The monoisotopic (exact) mass is 390 g/mol. The second kappa shape index (κ2) is 5.82. The molecule has 0 radical (unpaired) electrons. The van der Waals surface area contributed by atoms with Gasteiger partial charge in [0.2, 0.25) is 5.41 Å². The summed E-state index contributed by atoms with van der Waals surface area (Å²) >= 11 is 0. The lowest BCUT2D eigenvalue weighted by molar-refractivity contribution is 0.0721. The van der Waals surface area contributed by atoms with Gasteiger partial charge in [0, 0.05) is 11.5 Å². The summed E-state index contributed by atoms with van der Waals surface area (Å²) < 4.78 is 0. The fraction of sp³-hybridized carbons (Fsp3) is 0.280. The van der Waals surface area contributed by atoms with Gasteiger partial charge < -0.3 is 5.73 Å². The van der Waals surface area contributed by atoms with Crippen LogP contribution in [0.1, 0.15) is 35.7 Å². The van der Waals surface area contributed by atoms with E-state index in [9.17, 15) is 20.6 Å². The number of nitrogens with zero attached hydrogens (tertiary/aromatic N) is 3. The van der Waals surface area contributed by atoms with E-state index < -0.39 is 16.7 Å². The number of carbonyl (C=O) groups is 1. The highest BCUT2D eigenvalue weighted by molar-refractivity contribution is 6.22. The van der Waals surface area contributed by atoms with E-state index >= 15 is 0 Å². The van der Waals surface area contributed by atoms with Crippen LogP contribution in [0.4, 0.5) is 0 Å². The van der Waals surface area contributed by atoms with E-state index in [1.165, 1.54) is 0 Å². The molecule has 0 saturated carbocycles. The highest BCUT2D eigenvalue weighted by Gasteiger charge is 2.70. The summed E-state index contributed by atoms with van der Waals surface area (Å²) in [7, 11) is 0. The third-order valence-corrected chi connectivity index (χ3v) is 7.21. The van der Waals surface area contributed by atoms with Gasteiger partial charge in [-0.3, -0.25) is 4.79 Å². The van der Waals surface area contributed by atoms with Crippen LogP contribution >= 0.6 is 0 Å². The van der Waals surface area contributed by atoms with Crippen LogP contribution in [0, 0.1) is 51.2 Å². The average Bonchev–Trinajstić information content (AvgIpc) is 3.02. The van der Waals surface area contributed by atoms with E-state index in [1.54, 1.807) is 6.07 Å². The Kier molecular flexibility index (Phi) is 3.52. The molecule has 2 aromatic rings. The summed E-state index contributed by atoms with van der Waals surface area (Å²) in [6, 6.07) is 17.5. The quantitative estimate of drug-likeness (QED) is 0.729. The molecule has 0 heterocycles. The second-order valence-electron chi connectivity index (χ2n) is 8.51. The molecule has 0 fully saturated rings. The standard InChI is InChI=1S/C25H18N4O/c1-14-8-9-16-18(11-26)22(29)24(12-27,13-28)25(20(16)10-14)19-7-3-5-15-4-2-6-17(21(15)19)23(25)30/h2-7,9,14,20H,8,10,29H2,1H3. The molecule has 0 bridgehead atoms. The average molecular weight is 390 g/mol. The minimum Gasteiger partial charge on any atom is -0.399 e. The number of nitriles is 3. The molecule has 2 aromatic carbocycles. The normalized spacial score (nSPS) is 28.5. The largest absolute Gasteiger partial charge is 0.399 e. The number of Topliss-reactive ketones (excluding diaryl/α,β-unsaturated/α-hetero) is 1. The van der Waals surface area contributed by atoms with Crippen molar-refractivity contribution in [2.75, 3.05) is 0 Å². The van der Waals surface area contributed by atoms with Gasteiger partial charge in [0.15, 0.2) is 5.78 Å². The van der Waals surface area contributed by atoms with Crippen molar-refractivity contribution in [3.63, 3.8) is 0 Å². The summed E-state index contributed by atoms with van der Waals surface area (Å²) in [4.78, 5) is 14.2. The zero-order chi connectivity index (χ0) is 21.3. The van der Waals surface area contributed by atoms with Gasteiger partial charge in [-0.15, -0.1) is 0 Å². The molecule has 3 atom stereocenters.